The van der Waals surface area contributed by atoms with E-state index < -0.39 is 33.1 Å². The van der Waals surface area contributed by atoms with Crippen LogP contribution in [0.5, 0.6) is 5.75 Å². The summed E-state index contributed by atoms with van der Waals surface area (Å²) in [7, 11) is -3.72. The molecule has 2 unspecified atom stereocenters. The van der Waals surface area contributed by atoms with E-state index >= 15 is 0 Å². The van der Waals surface area contributed by atoms with Gasteiger partial charge in [0.2, 0.25) is 10.0 Å². The largest absolute Gasteiger partial charge is 0.612 e. The molecule has 0 radical (unpaired) electrons. The summed E-state index contributed by atoms with van der Waals surface area (Å²) in [6.07, 6.45) is 0.942. The summed E-state index contributed by atoms with van der Waals surface area (Å²) < 4.78 is 55.5. The number of hydrogen-bond donors (Lipinski definition) is 1. The number of benzene rings is 3. The Morgan fingerprint density at radius 3 is 2.59 bits per heavy atom. The standard InChI is InChI=1S/C21H18FNO4S2/c1-28(24)19-7-3-6-18-20(19)16-9-8-13(12-29(23,25)26)10-17(16)21(27-18)14-4-2-5-15(22)11-14/h2-11,21H,12H2,1H3,(H2,23,25,26). The zero-order valence-electron chi connectivity index (χ0n) is 15.5. The van der Waals surface area contributed by atoms with Crippen molar-refractivity contribution in [2.45, 2.75) is 16.8 Å². The zero-order valence-corrected chi connectivity index (χ0v) is 17.1. The van der Waals surface area contributed by atoms with Gasteiger partial charge in [0.25, 0.3) is 0 Å². The van der Waals surface area contributed by atoms with Gasteiger partial charge in [-0.2, -0.15) is 0 Å². The van der Waals surface area contributed by atoms with E-state index in [-0.39, 0.29) is 5.75 Å². The van der Waals surface area contributed by atoms with Gasteiger partial charge in [0.15, 0.2) is 4.90 Å². The average Bonchev–Trinajstić information content (AvgIpc) is 2.65. The molecule has 2 N–H and O–H groups in total. The summed E-state index contributed by atoms with van der Waals surface area (Å²) in [5.41, 5.74) is 3.22. The quantitative estimate of drug-likeness (QED) is 0.640. The minimum atomic E-state index is -3.72. The molecule has 0 aliphatic carbocycles. The van der Waals surface area contributed by atoms with Gasteiger partial charge in [0.05, 0.1) is 11.3 Å². The summed E-state index contributed by atoms with van der Waals surface area (Å²) in [5.74, 6) is -0.189. The number of nitrogens with two attached hydrogens (primary N) is 1. The maximum atomic E-state index is 13.9. The summed E-state index contributed by atoms with van der Waals surface area (Å²) in [6.45, 7) is 0. The highest BCUT2D eigenvalue weighted by Gasteiger charge is 2.32. The highest BCUT2D eigenvalue weighted by atomic mass is 32.2. The van der Waals surface area contributed by atoms with Crippen molar-refractivity contribution in [2.75, 3.05) is 6.26 Å². The first kappa shape index (κ1) is 19.9. The molecule has 1 heterocycles. The topological polar surface area (TPSA) is 92.5 Å². The smallest absolute Gasteiger partial charge is 0.213 e. The summed E-state index contributed by atoms with van der Waals surface area (Å²) in [6, 6.07) is 16.5. The van der Waals surface area contributed by atoms with Gasteiger partial charge in [-0.3, -0.25) is 0 Å². The van der Waals surface area contributed by atoms with Gasteiger partial charge in [0, 0.05) is 5.56 Å². The number of hydrogen-bond acceptors (Lipinski definition) is 4. The van der Waals surface area contributed by atoms with Gasteiger partial charge < -0.3 is 9.29 Å². The maximum absolute atomic E-state index is 13.9. The minimum absolute atomic E-state index is 0.329. The van der Waals surface area contributed by atoms with Crippen LogP contribution in [-0.2, 0) is 27.0 Å². The molecule has 1 aliphatic rings. The van der Waals surface area contributed by atoms with E-state index in [9.17, 15) is 17.4 Å². The lowest BCUT2D eigenvalue weighted by molar-refractivity contribution is 0.242. The number of fused-ring (bicyclic) bond motifs is 3. The fourth-order valence-corrected chi connectivity index (χ4v) is 5.01. The van der Waals surface area contributed by atoms with E-state index in [1.54, 1.807) is 54.8 Å². The fourth-order valence-electron chi connectivity index (χ4n) is 3.60. The lowest BCUT2D eigenvalue weighted by Gasteiger charge is -2.30. The van der Waals surface area contributed by atoms with Crippen molar-refractivity contribution >= 4 is 21.2 Å². The Morgan fingerprint density at radius 1 is 1.14 bits per heavy atom. The second kappa shape index (κ2) is 7.46. The van der Waals surface area contributed by atoms with Gasteiger partial charge in [-0.25, -0.2) is 17.9 Å². The molecule has 0 amide bonds. The molecule has 2 atom stereocenters. The molecule has 8 heteroatoms. The Kier molecular flexibility index (Phi) is 5.12. The van der Waals surface area contributed by atoms with Crippen LogP contribution in [0.4, 0.5) is 4.39 Å². The predicted molar refractivity (Wildman–Crippen MR) is 110 cm³/mol. The molecule has 0 spiro atoms. The predicted octanol–water partition coefficient (Wildman–Crippen LogP) is 3.50. The Hall–Kier alpha value is -2.39. The molecule has 4 rings (SSSR count). The van der Waals surface area contributed by atoms with E-state index in [0.717, 1.165) is 5.56 Å². The second-order valence-electron chi connectivity index (χ2n) is 6.87. The van der Waals surface area contributed by atoms with Crippen molar-refractivity contribution in [3.63, 3.8) is 0 Å². The Morgan fingerprint density at radius 2 is 1.90 bits per heavy atom. The first-order chi connectivity index (χ1) is 13.7. The van der Waals surface area contributed by atoms with Crippen molar-refractivity contribution in [3.05, 3.63) is 83.2 Å². The van der Waals surface area contributed by atoms with Crippen LogP contribution in [0.2, 0.25) is 0 Å². The fraction of sp³-hybridized carbons (Fsp3) is 0.143. The monoisotopic (exact) mass is 431 g/mol. The summed E-state index contributed by atoms with van der Waals surface area (Å²) in [5, 5.41) is 5.20. The lowest BCUT2D eigenvalue weighted by atomic mass is 9.88. The van der Waals surface area contributed by atoms with Gasteiger partial charge in [0.1, 0.15) is 23.9 Å². The maximum Gasteiger partial charge on any atom is 0.213 e. The van der Waals surface area contributed by atoms with Crippen LogP contribution in [0, 0.1) is 5.82 Å². The number of rotatable bonds is 4. The Balaban J connectivity index is 1.95. The SMILES string of the molecule is C[S+]([O-])c1cccc2c1-c1ccc(CS(N)(=O)=O)cc1C(c1cccc(F)c1)O2. The van der Waals surface area contributed by atoms with Crippen LogP contribution in [-0.4, -0.2) is 19.2 Å². The van der Waals surface area contributed by atoms with Crippen molar-refractivity contribution in [3.8, 4) is 16.9 Å². The van der Waals surface area contributed by atoms with Crippen molar-refractivity contribution < 1.29 is 22.1 Å². The van der Waals surface area contributed by atoms with Crippen LogP contribution in [0.25, 0.3) is 11.1 Å². The van der Waals surface area contributed by atoms with E-state index in [2.05, 4.69) is 0 Å². The van der Waals surface area contributed by atoms with Crippen LogP contribution < -0.4 is 9.88 Å². The number of ether oxygens (including phenoxy) is 1. The van der Waals surface area contributed by atoms with Gasteiger partial charge in [-0.15, -0.1) is 0 Å². The Bertz CT molecular complexity index is 1200. The van der Waals surface area contributed by atoms with Crippen LogP contribution in [0.15, 0.2) is 65.6 Å². The highest BCUT2D eigenvalue weighted by Crippen LogP contribution is 2.47. The molecule has 3 aromatic carbocycles. The molecule has 0 saturated carbocycles. The molecule has 5 nitrogen and oxygen atoms in total. The van der Waals surface area contributed by atoms with Crippen molar-refractivity contribution in [2.24, 2.45) is 5.14 Å². The van der Waals surface area contributed by atoms with Crippen LogP contribution >= 0.6 is 0 Å². The van der Waals surface area contributed by atoms with E-state index in [1.807, 2.05) is 0 Å². The number of primary sulfonamides is 1. The van der Waals surface area contributed by atoms with E-state index in [4.69, 9.17) is 9.88 Å². The normalized spacial score (nSPS) is 16.5. The molecule has 0 bridgehead atoms. The first-order valence-electron chi connectivity index (χ1n) is 8.75. The molecule has 0 aromatic heterocycles. The van der Waals surface area contributed by atoms with Gasteiger partial charge in [-0.1, -0.05) is 36.4 Å². The van der Waals surface area contributed by atoms with Crippen molar-refractivity contribution in [1.29, 1.82) is 0 Å². The molecule has 29 heavy (non-hydrogen) atoms. The van der Waals surface area contributed by atoms with Crippen LogP contribution in [0.1, 0.15) is 22.8 Å². The number of halogens is 1. The van der Waals surface area contributed by atoms with E-state index in [1.165, 1.54) is 12.1 Å². The highest BCUT2D eigenvalue weighted by molar-refractivity contribution is 7.90. The van der Waals surface area contributed by atoms with Gasteiger partial charge >= 0.3 is 0 Å². The second-order valence-corrected chi connectivity index (χ2v) is 9.83. The third kappa shape index (κ3) is 4.02. The van der Waals surface area contributed by atoms with Crippen molar-refractivity contribution in [1.82, 2.24) is 0 Å². The lowest BCUT2D eigenvalue weighted by Crippen LogP contribution is -2.19. The molecule has 3 aromatic rings. The third-order valence-corrected chi connectivity index (χ3v) is 6.42. The van der Waals surface area contributed by atoms with E-state index in [0.29, 0.717) is 32.9 Å². The Labute approximate surface area is 171 Å². The average molecular weight is 432 g/mol. The summed E-state index contributed by atoms with van der Waals surface area (Å²) >= 11 is -1.26. The zero-order chi connectivity index (χ0) is 20.8. The number of sulfonamides is 1. The summed E-state index contributed by atoms with van der Waals surface area (Å²) in [4.78, 5) is 0.612. The molecule has 150 valence electrons. The first-order valence-corrected chi connectivity index (χ1v) is 12.0. The molecular weight excluding hydrogens is 413 g/mol. The third-order valence-electron chi connectivity index (χ3n) is 4.73. The minimum Gasteiger partial charge on any atom is -0.612 e. The molecule has 0 fully saturated rings. The van der Waals surface area contributed by atoms with Crippen LogP contribution in [0.3, 0.4) is 0 Å². The molecule has 1 aliphatic heterocycles. The molecular formula is C21H18FNO4S2. The molecule has 0 saturated heterocycles. The van der Waals surface area contributed by atoms with Gasteiger partial charge in [-0.05, 0) is 52.1 Å².